The van der Waals surface area contributed by atoms with Crippen LogP contribution in [0.25, 0.3) is 0 Å². The van der Waals surface area contributed by atoms with Crippen LogP contribution in [0, 0.1) is 0 Å². The van der Waals surface area contributed by atoms with Gasteiger partial charge in [-0.15, -0.1) is 0 Å². The van der Waals surface area contributed by atoms with Crippen LogP contribution in [0.4, 0.5) is 17.2 Å². The molecule has 9 nitrogen and oxygen atoms in total. The number of amides is 1. The number of rotatable bonds is 7. The minimum absolute atomic E-state index is 0.0492. The smallest absolute Gasteiger partial charge is 0.337 e. The van der Waals surface area contributed by atoms with Crippen molar-refractivity contribution in [1.29, 1.82) is 0 Å². The minimum atomic E-state index is -1.20. The van der Waals surface area contributed by atoms with Gasteiger partial charge in [0.05, 0.1) is 30.8 Å². The van der Waals surface area contributed by atoms with Crippen molar-refractivity contribution < 1.29 is 19.4 Å². The maximum absolute atomic E-state index is 12.4. The summed E-state index contributed by atoms with van der Waals surface area (Å²) in [6, 6.07) is 11.8. The number of carboxylic acid groups (broad SMARTS) is 1. The van der Waals surface area contributed by atoms with E-state index < -0.39 is 11.9 Å². The van der Waals surface area contributed by atoms with Crippen molar-refractivity contribution in [2.24, 2.45) is 0 Å². The normalized spacial score (nSPS) is 10.2. The van der Waals surface area contributed by atoms with Gasteiger partial charge in [0, 0.05) is 12.2 Å². The number of benzene rings is 2. The second-order valence-corrected chi connectivity index (χ2v) is 6.05. The highest BCUT2D eigenvalue weighted by Crippen LogP contribution is 2.20. The molecule has 2 aromatic carbocycles. The first-order valence-corrected chi connectivity index (χ1v) is 8.59. The van der Waals surface area contributed by atoms with Crippen LogP contribution in [-0.4, -0.2) is 34.1 Å². The number of carboxylic acids is 1. The lowest BCUT2D eigenvalue weighted by atomic mass is 10.1. The molecular weight excluding hydrogens is 374 g/mol. The quantitative estimate of drug-likeness (QED) is 0.449. The lowest BCUT2D eigenvalue weighted by Crippen LogP contribution is -2.17. The van der Waals surface area contributed by atoms with Gasteiger partial charge < -0.3 is 26.2 Å². The molecule has 1 aromatic heterocycles. The number of aromatic carboxylic acids is 1. The summed E-state index contributed by atoms with van der Waals surface area (Å²) >= 11 is 0. The Morgan fingerprint density at radius 3 is 2.48 bits per heavy atom. The first-order valence-electron chi connectivity index (χ1n) is 8.59. The number of carbonyl (C=O) groups excluding carboxylic acids is 1. The van der Waals surface area contributed by atoms with Gasteiger partial charge in [-0.2, -0.15) is 0 Å². The number of hydrogen-bond donors (Lipinski definition) is 4. The molecule has 0 aliphatic carbocycles. The predicted molar refractivity (Wildman–Crippen MR) is 108 cm³/mol. The number of nitrogen functional groups attached to an aromatic ring is 1. The highest BCUT2D eigenvalue weighted by molar-refractivity contribution is 6.07. The molecule has 9 heteroatoms. The van der Waals surface area contributed by atoms with Crippen molar-refractivity contribution in [2.45, 2.75) is 6.54 Å². The molecule has 0 bridgehead atoms. The average molecular weight is 393 g/mol. The Morgan fingerprint density at radius 2 is 1.86 bits per heavy atom. The van der Waals surface area contributed by atoms with Crippen molar-refractivity contribution in [3.8, 4) is 5.75 Å². The first-order chi connectivity index (χ1) is 14.0. The maximum atomic E-state index is 12.4. The van der Waals surface area contributed by atoms with Crippen LogP contribution < -0.4 is 21.1 Å². The van der Waals surface area contributed by atoms with E-state index in [0.717, 1.165) is 11.3 Å². The van der Waals surface area contributed by atoms with Crippen LogP contribution in [-0.2, 0) is 6.54 Å². The van der Waals surface area contributed by atoms with Gasteiger partial charge >= 0.3 is 5.97 Å². The zero-order chi connectivity index (χ0) is 20.8. The summed E-state index contributed by atoms with van der Waals surface area (Å²) < 4.78 is 5.12. The Hall–Kier alpha value is -4.14. The van der Waals surface area contributed by atoms with Crippen LogP contribution >= 0.6 is 0 Å². The zero-order valence-corrected chi connectivity index (χ0v) is 15.5. The molecular formula is C20H19N5O4. The van der Waals surface area contributed by atoms with Crippen molar-refractivity contribution in [3.05, 3.63) is 71.7 Å². The molecule has 1 amide bonds. The zero-order valence-electron chi connectivity index (χ0n) is 15.5. The molecule has 148 valence electrons. The highest BCUT2D eigenvalue weighted by atomic mass is 16.5. The van der Waals surface area contributed by atoms with Crippen LogP contribution in [0.3, 0.4) is 0 Å². The first kappa shape index (κ1) is 19.6. The van der Waals surface area contributed by atoms with E-state index >= 15 is 0 Å². The molecule has 0 aliphatic heterocycles. The molecule has 29 heavy (non-hydrogen) atoms. The number of nitrogens with zero attached hydrogens (tertiary/aromatic N) is 2. The fraction of sp³-hybridized carbons (Fsp3) is 0.100. The fourth-order valence-electron chi connectivity index (χ4n) is 2.51. The second kappa shape index (κ2) is 8.70. The van der Waals surface area contributed by atoms with Gasteiger partial charge in [-0.3, -0.25) is 4.79 Å². The van der Waals surface area contributed by atoms with E-state index in [2.05, 4.69) is 20.6 Å². The molecule has 0 atom stereocenters. The number of anilines is 3. The Morgan fingerprint density at radius 1 is 1.10 bits per heavy atom. The predicted octanol–water partition coefficient (Wildman–Crippen LogP) is 2.63. The molecule has 0 saturated heterocycles. The second-order valence-electron chi connectivity index (χ2n) is 6.05. The lowest BCUT2D eigenvalue weighted by Gasteiger charge is -2.09. The lowest BCUT2D eigenvalue weighted by molar-refractivity contribution is 0.0698. The number of aromatic nitrogens is 2. The van der Waals surface area contributed by atoms with Crippen LogP contribution in [0.2, 0.25) is 0 Å². The number of carbonyl (C=O) groups is 2. The largest absolute Gasteiger partial charge is 0.497 e. The Bertz CT molecular complexity index is 1020. The average Bonchev–Trinajstić information content (AvgIpc) is 2.74. The van der Waals surface area contributed by atoms with Crippen molar-refractivity contribution in [3.63, 3.8) is 0 Å². The number of nitrogens with two attached hydrogens (primary N) is 1. The fourth-order valence-corrected chi connectivity index (χ4v) is 2.51. The third-order valence-corrected chi connectivity index (χ3v) is 4.04. The molecule has 1 heterocycles. The summed E-state index contributed by atoms with van der Waals surface area (Å²) in [5, 5.41) is 14.9. The maximum Gasteiger partial charge on any atom is 0.337 e. The van der Waals surface area contributed by atoms with Gasteiger partial charge in [0.25, 0.3) is 5.91 Å². The van der Waals surface area contributed by atoms with Gasteiger partial charge in [-0.25, -0.2) is 14.8 Å². The molecule has 0 spiro atoms. The van der Waals surface area contributed by atoms with Gasteiger partial charge in [0.15, 0.2) is 0 Å². The van der Waals surface area contributed by atoms with E-state index in [9.17, 15) is 14.7 Å². The number of nitrogens with one attached hydrogen (secondary N) is 2. The van der Waals surface area contributed by atoms with Gasteiger partial charge in [-0.05, 0) is 35.9 Å². The van der Waals surface area contributed by atoms with Gasteiger partial charge in [0.1, 0.15) is 17.3 Å². The number of ether oxygens (including phenoxy) is 1. The molecule has 0 aliphatic rings. The van der Waals surface area contributed by atoms with Crippen LogP contribution in [0.1, 0.15) is 26.4 Å². The van der Waals surface area contributed by atoms with E-state index in [-0.39, 0.29) is 22.6 Å². The summed E-state index contributed by atoms with van der Waals surface area (Å²) in [5.74, 6) is -0.504. The third kappa shape index (κ3) is 4.98. The van der Waals surface area contributed by atoms with Crippen LogP contribution in [0.15, 0.2) is 54.9 Å². The summed E-state index contributed by atoms with van der Waals surface area (Å²) in [6.45, 7) is 0.525. The summed E-state index contributed by atoms with van der Waals surface area (Å²) in [7, 11) is 1.61. The number of methoxy groups -OCH3 is 1. The topological polar surface area (TPSA) is 139 Å². The molecule has 0 unspecified atom stereocenters. The van der Waals surface area contributed by atoms with E-state index in [4.69, 9.17) is 10.5 Å². The molecule has 5 N–H and O–H groups in total. The third-order valence-electron chi connectivity index (χ3n) is 4.04. The van der Waals surface area contributed by atoms with E-state index in [0.29, 0.717) is 12.4 Å². The molecule has 0 fully saturated rings. The van der Waals surface area contributed by atoms with Gasteiger partial charge in [0.2, 0.25) is 0 Å². The Labute approximate surface area is 166 Å². The molecule has 0 radical (unpaired) electrons. The highest BCUT2D eigenvalue weighted by Gasteiger charge is 2.15. The van der Waals surface area contributed by atoms with Crippen molar-refractivity contribution in [2.75, 3.05) is 23.5 Å². The van der Waals surface area contributed by atoms with Crippen LogP contribution in [0.5, 0.6) is 5.75 Å². The SMILES string of the molecule is COc1ccc(CNc2cnc(C(=O)Nc3ccc(N)cc3C(=O)O)cn2)cc1. The Kier molecular flexibility index (Phi) is 5.88. The monoisotopic (exact) mass is 393 g/mol. The summed E-state index contributed by atoms with van der Waals surface area (Å²) in [6.07, 6.45) is 2.74. The summed E-state index contributed by atoms with van der Waals surface area (Å²) in [4.78, 5) is 31.9. The minimum Gasteiger partial charge on any atom is -0.497 e. The summed E-state index contributed by atoms with van der Waals surface area (Å²) in [5.41, 5.74) is 6.98. The number of hydrogen-bond acceptors (Lipinski definition) is 7. The van der Waals surface area contributed by atoms with Crippen molar-refractivity contribution in [1.82, 2.24) is 9.97 Å². The Balaban J connectivity index is 1.63. The molecule has 3 aromatic rings. The van der Waals surface area contributed by atoms with Gasteiger partial charge in [-0.1, -0.05) is 12.1 Å². The van der Waals surface area contributed by atoms with Crippen molar-refractivity contribution >= 4 is 29.1 Å². The molecule has 0 saturated carbocycles. The molecule has 3 rings (SSSR count). The van der Waals surface area contributed by atoms with E-state index in [1.807, 2.05) is 24.3 Å². The van der Waals surface area contributed by atoms with E-state index in [1.165, 1.54) is 30.6 Å². The standard InChI is InChI=1S/C20H19N5O4/c1-29-14-5-2-12(3-6-14)9-23-18-11-22-17(10-24-18)19(26)25-16-7-4-13(21)8-15(16)20(27)28/h2-8,10-11H,9,21H2,1H3,(H,23,24)(H,25,26)(H,27,28). The van der Waals surface area contributed by atoms with E-state index in [1.54, 1.807) is 7.11 Å².